The lowest BCUT2D eigenvalue weighted by Crippen LogP contribution is -2.51. The number of alkyl carbamates (subject to hydrolysis) is 1. The van der Waals surface area contributed by atoms with Gasteiger partial charge in [0.1, 0.15) is 5.60 Å². The molecule has 1 fully saturated rings. The minimum absolute atomic E-state index is 0.0663. The lowest BCUT2D eigenvalue weighted by molar-refractivity contribution is -0.149. The Morgan fingerprint density at radius 2 is 1.95 bits per heavy atom. The Balaban J connectivity index is 2.47. The molecule has 1 rings (SSSR count). The van der Waals surface area contributed by atoms with Crippen molar-refractivity contribution in [1.29, 1.82) is 0 Å². The summed E-state index contributed by atoms with van der Waals surface area (Å²) in [5.41, 5.74) is -0.697. The minimum Gasteiger partial charge on any atom is -0.479 e. The zero-order chi connectivity index (χ0) is 15.3. The molecule has 0 aromatic carbocycles. The molecule has 0 aromatic rings. The van der Waals surface area contributed by atoms with Crippen molar-refractivity contribution in [3.63, 3.8) is 0 Å². The fraction of sp³-hybridized carbons (Fsp3) is 0.846. The molecule has 20 heavy (non-hydrogen) atoms. The van der Waals surface area contributed by atoms with Gasteiger partial charge < -0.3 is 25.0 Å². The fourth-order valence-corrected chi connectivity index (χ4v) is 1.49. The average Bonchev–Trinajstić information content (AvgIpc) is 3.08. The number of amides is 1. The third-order valence-electron chi connectivity index (χ3n) is 2.68. The van der Waals surface area contributed by atoms with Gasteiger partial charge in [0, 0.05) is 6.61 Å². The maximum atomic E-state index is 11.6. The minimum atomic E-state index is -1.73. The van der Waals surface area contributed by atoms with Crippen molar-refractivity contribution >= 4 is 12.1 Å². The van der Waals surface area contributed by atoms with Crippen molar-refractivity contribution in [3.05, 3.63) is 0 Å². The molecule has 2 atom stereocenters. The number of aliphatic hydroxyl groups excluding tert-OH is 1. The molecule has 3 N–H and O–H groups in total. The molecule has 0 bridgehead atoms. The van der Waals surface area contributed by atoms with Gasteiger partial charge in [0.25, 0.3) is 0 Å². The zero-order valence-electron chi connectivity index (χ0n) is 12.1. The lowest BCUT2D eigenvalue weighted by Gasteiger charge is -2.25. The standard InChI is InChI=1S/C13H23NO6/c1-13(2,3)20-12(18)14-9(10(15)11(16)17)7-19-6-8-4-5-8/h8-10,15H,4-7H2,1-3H3,(H,14,18)(H,16,17). The molecule has 1 saturated carbocycles. The largest absolute Gasteiger partial charge is 0.479 e. The normalized spacial score (nSPS) is 18.2. The van der Waals surface area contributed by atoms with Gasteiger partial charge in [-0.2, -0.15) is 0 Å². The number of ether oxygens (including phenoxy) is 2. The summed E-state index contributed by atoms with van der Waals surface area (Å²) >= 11 is 0. The number of carboxylic acid groups (broad SMARTS) is 1. The number of carbonyl (C=O) groups excluding carboxylic acids is 1. The second-order valence-electron chi connectivity index (χ2n) is 6.02. The Morgan fingerprint density at radius 3 is 2.40 bits per heavy atom. The van der Waals surface area contributed by atoms with Gasteiger partial charge in [-0.25, -0.2) is 9.59 Å². The molecule has 1 aliphatic rings. The predicted octanol–water partition coefficient (Wildman–Crippen LogP) is 0.752. The third kappa shape index (κ3) is 6.72. The summed E-state index contributed by atoms with van der Waals surface area (Å²) in [4.78, 5) is 22.4. The molecule has 0 radical (unpaired) electrons. The number of carbonyl (C=O) groups is 2. The first-order valence-corrected chi connectivity index (χ1v) is 6.67. The van der Waals surface area contributed by atoms with E-state index in [0.717, 1.165) is 12.8 Å². The Morgan fingerprint density at radius 1 is 1.35 bits per heavy atom. The van der Waals surface area contributed by atoms with E-state index >= 15 is 0 Å². The molecule has 7 heteroatoms. The highest BCUT2D eigenvalue weighted by Crippen LogP contribution is 2.28. The quantitative estimate of drug-likeness (QED) is 0.639. The summed E-state index contributed by atoms with van der Waals surface area (Å²) in [5.74, 6) is -0.903. The Bertz CT molecular complexity index is 347. The molecule has 0 spiro atoms. The van der Waals surface area contributed by atoms with E-state index in [0.29, 0.717) is 12.5 Å². The van der Waals surface area contributed by atoms with E-state index in [-0.39, 0.29) is 6.61 Å². The van der Waals surface area contributed by atoms with Crippen LogP contribution >= 0.6 is 0 Å². The molecular formula is C13H23NO6. The van der Waals surface area contributed by atoms with Crippen LogP contribution < -0.4 is 5.32 Å². The van der Waals surface area contributed by atoms with Crippen LogP contribution in [0.15, 0.2) is 0 Å². The number of hydrogen-bond donors (Lipinski definition) is 3. The number of aliphatic hydroxyl groups is 1. The van der Waals surface area contributed by atoms with Crippen LogP contribution in [0.5, 0.6) is 0 Å². The van der Waals surface area contributed by atoms with Crippen molar-refractivity contribution in [3.8, 4) is 0 Å². The van der Waals surface area contributed by atoms with Gasteiger partial charge in [-0.1, -0.05) is 0 Å². The summed E-state index contributed by atoms with van der Waals surface area (Å²) < 4.78 is 10.4. The number of rotatable bonds is 7. The summed E-state index contributed by atoms with van der Waals surface area (Å²) in [7, 11) is 0. The van der Waals surface area contributed by atoms with E-state index < -0.39 is 29.8 Å². The number of hydrogen-bond acceptors (Lipinski definition) is 5. The van der Waals surface area contributed by atoms with Gasteiger partial charge in [0.2, 0.25) is 0 Å². The maximum Gasteiger partial charge on any atom is 0.408 e. The first-order valence-electron chi connectivity index (χ1n) is 6.67. The molecule has 1 aliphatic carbocycles. The Kier molecular flexibility index (Phi) is 5.76. The second kappa shape index (κ2) is 6.90. The van der Waals surface area contributed by atoms with E-state index in [1.807, 2.05) is 0 Å². The van der Waals surface area contributed by atoms with Crippen molar-refractivity contribution < 1.29 is 29.3 Å². The smallest absolute Gasteiger partial charge is 0.408 e. The van der Waals surface area contributed by atoms with Crippen LogP contribution in [0.3, 0.4) is 0 Å². The summed E-state index contributed by atoms with van der Waals surface area (Å²) in [6.07, 6.45) is -0.309. The Hall–Kier alpha value is -1.34. The van der Waals surface area contributed by atoms with E-state index in [1.54, 1.807) is 20.8 Å². The first-order chi connectivity index (χ1) is 9.19. The van der Waals surface area contributed by atoms with Crippen LogP contribution in [-0.4, -0.2) is 53.2 Å². The molecule has 0 saturated heterocycles. The van der Waals surface area contributed by atoms with Crippen molar-refractivity contribution in [2.24, 2.45) is 5.92 Å². The van der Waals surface area contributed by atoms with Crippen LogP contribution in [0, 0.1) is 5.92 Å². The summed E-state index contributed by atoms with van der Waals surface area (Å²) in [6.45, 7) is 5.53. The van der Waals surface area contributed by atoms with Crippen LogP contribution in [0.1, 0.15) is 33.6 Å². The van der Waals surface area contributed by atoms with E-state index in [9.17, 15) is 14.7 Å². The summed E-state index contributed by atoms with van der Waals surface area (Å²) in [5, 5.41) is 20.7. The molecule has 7 nitrogen and oxygen atoms in total. The predicted molar refractivity (Wildman–Crippen MR) is 70.3 cm³/mol. The highest BCUT2D eigenvalue weighted by Gasteiger charge is 2.30. The van der Waals surface area contributed by atoms with Crippen LogP contribution in [0.25, 0.3) is 0 Å². The number of carboxylic acids is 1. The van der Waals surface area contributed by atoms with Gasteiger partial charge in [-0.05, 0) is 39.5 Å². The highest BCUT2D eigenvalue weighted by molar-refractivity contribution is 5.75. The van der Waals surface area contributed by atoms with Gasteiger partial charge in [-0.3, -0.25) is 0 Å². The summed E-state index contributed by atoms with van der Waals surface area (Å²) in [6, 6.07) is -1.04. The van der Waals surface area contributed by atoms with E-state index in [4.69, 9.17) is 14.6 Å². The van der Waals surface area contributed by atoms with Crippen molar-refractivity contribution in [1.82, 2.24) is 5.32 Å². The average molecular weight is 289 g/mol. The topological polar surface area (TPSA) is 105 Å². The molecule has 2 unspecified atom stereocenters. The molecule has 0 aromatic heterocycles. The molecule has 116 valence electrons. The molecule has 1 amide bonds. The highest BCUT2D eigenvalue weighted by atomic mass is 16.6. The van der Waals surface area contributed by atoms with Gasteiger partial charge in [-0.15, -0.1) is 0 Å². The van der Waals surface area contributed by atoms with Gasteiger partial charge in [0.05, 0.1) is 12.6 Å². The first kappa shape index (κ1) is 16.7. The van der Waals surface area contributed by atoms with E-state index in [1.165, 1.54) is 0 Å². The Labute approximate surface area is 118 Å². The molecule has 0 heterocycles. The van der Waals surface area contributed by atoms with Gasteiger partial charge in [0.15, 0.2) is 6.10 Å². The monoisotopic (exact) mass is 289 g/mol. The number of aliphatic carboxylic acids is 1. The third-order valence-corrected chi connectivity index (χ3v) is 2.68. The SMILES string of the molecule is CC(C)(C)OC(=O)NC(COCC1CC1)C(O)C(=O)O. The number of nitrogens with one attached hydrogen (secondary N) is 1. The van der Waals surface area contributed by atoms with Crippen LogP contribution in [-0.2, 0) is 14.3 Å². The zero-order valence-corrected chi connectivity index (χ0v) is 12.1. The molecule has 0 aliphatic heterocycles. The second-order valence-corrected chi connectivity index (χ2v) is 6.02. The lowest BCUT2D eigenvalue weighted by atomic mass is 10.1. The van der Waals surface area contributed by atoms with Crippen molar-refractivity contribution in [2.75, 3.05) is 13.2 Å². The van der Waals surface area contributed by atoms with Crippen LogP contribution in [0.2, 0.25) is 0 Å². The van der Waals surface area contributed by atoms with E-state index in [2.05, 4.69) is 5.32 Å². The molecular weight excluding hydrogens is 266 g/mol. The van der Waals surface area contributed by atoms with Crippen molar-refractivity contribution in [2.45, 2.75) is 51.4 Å². The fourth-order valence-electron chi connectivity index (χ4n) is 1.49. The maximum absolute atomic E-state index is 11.6. The van der Waals surface area contributed by atoms with Gasteiger partial charge >= 0.3 is 12.1 Å². The van der Waals surface area contributed by atoms with Crippen LogP contribution in [0.4, 0.5) is 4.79 Å².